The van der Waals surface area contributed by atoms with E-state index < -0.39 is 0 Å². The van der Waals surface area contributed by atoms with Gasteiger partial charge in [-0.1, -0.05) is 11.6 Å². The standard InChI is InChI=1S/C12H12BrNO2/c1-7-4-5-10-9(6-7)8(2)11(14(10)3)12(15)16-13/h4-6H,1-3H3. The van der Waals surface area contributed by atoms with Crippen molar-refractivity contribution in [2.75, 3.05) is 0 Å². The molecule has 0 N–H and O–H groups in total. The number of aryl methyl sites for hydroxylation is 3. The Bertz CT molecular complexity index is 572. The molecule has 0 amide bonds. The molecular weight excluding hydrogens is 270 g/mol. The normalized spacial score (nSPS) is 10.8. The number of hydrogen-bond donors (Lipinski definition) is 0. The zero-order valence-electron chi connectivity index (χ0n) is 9.37. The zero-order chi connectivity index (χ0) is 11.9. The molecule has 0 atom stereocenters. The summed E-state index contributed by atoms with van der Waals surface area (Å²) in [4.78, 5) is 11.6. The van der Waals surface area contributed by atoms with E-state index in [0.717, 1.165) is 16.5 Å². The van der Waals surface area contributed by atoms with Gasteiger partial charge in [-0.15, -0.1) is 0 Å². The first-order chi connectivity index (χ1) is 7.56. The Balaban J connectivity index is 2.81. The molecule has 16 heavy (non-hydrogen) atoms. The van der Waals surface area contributed by atoms with Crippen molar-refractivity contribution in [2.24, 2.45) is 7.05 Å². The van der Waals surface area contributed by atoms with Crippen LogP contribution in [0, 0.1) is 13.8 Å². The van der Waals surface area contributed by atoms with Crippen molar-refractivity contribution in [3.63, 3.8) is 0 Å². The fourth-order valence-corrected chi connectivity index (χ4v) is 2.22. The number of carbonyl (C=O) groups excluding carboxylic acids is 1. The van der Waals surface area contributed by atoms with Crippen molar-refractivity contribution in [3.8, 4) is 0 Å². The van der Waals surface area contributed by atoms with Gasteiger partial charge in [-0.05, 0) is 31.5 Å². The highest BCUT2D eigenvalue weighted by molar-refractivity contribution is 9.06. The SMILES string of the molecule is Cc1ccc2c(c1)c(C)c(C(=O)OBr)n2C. The van der Waals surface area contributed by atoms with E-state index in [-0.39, 0.29) is 5.97 Å². The van der Waals surface area contributed by atoms with Crippen LogP contribution >= 0.6 is 16.3 Å². The number of fused-ring (bicyclic) bond motifs is 1. The van der Waals surface area contributed by atoms with Crippen LogP contribution in [0.3, 0.4) is 0 Å². The lowest BCUT2D eigenvalue weighted by Gasteiger charge is -2.01. The summed E-state index contributed by atoms with van der Waals surface area (Å²) >= 11 is 2.73. The minimum Gasteiger partial charge on any atom is -0.379 e. The highest BCUT2D eigenvalue weighted by atomic mass is 79.9. The Labute approximate surface area is 102 Å². The van der Waals surface area contributed by atoms with Gasteiger partial charge in [0, 0.05) is 18.0 Å². The van der Waals surface area contributed by atoms with Crippen LogP contribution in [0.5, 0.6) is 0 Å². The van der Waals surface area contributed by atoms with Gasteiger partial charge in [0.15, 0.2) is 16.3 Å². The summed E-state index contributed by atoms with van der Waals surface area (Å²) in [6.45, 7) is 3.97. The molecule has 0 radical (unpaired) electrons. The van der Waals surface area contributed by atoms with Crippen LogP contribution in [0.15, 0.2) is 18.2 Å². The third-order valence-electron chi connectivity index (χ3n) is 2.87. The Morgan fingerprint density at radius 1 is 1.38 bits per heavy atom. The third-order valence-corrected chi connectivity index (χ3v) is 3.17. The van der Waals surface area contributed by atoms with Crippen molar-refractivity contribution >= 4 is 33.1 Å². The molecule has 1 heterocycles. The Morgan fingerprint density at radius 2 is 2.06 bits per heavy atom. The summed E-state index contributed by atoms with van der Waals surface area (Å²) in [5, 5.41) is 1.09. The molecule has 1 aromatic heterocycles. The van der Waals surface area contributed by atoms with Crippen LogP contribution in [-0.2, 0) is 10.9 Å². The van der Waals surface area contributed by atoms with E-state index in [4.69, 9.17) is 0 Å². The summed E-state index contributed by atoms with van der Waals surface area (Å²) in [7, 11) is 1.86. The van der Waals surface area contributed by atoms with Crippen molar-refractivity contribution in [3.05, 3.63) is 35.0 Å². The summed E-state index contributed by atoms with van der Waals surface area (Å²) in [5.41, 5.74) is 3.75. The van der Waals surface area contributed by atoms with E-state index in [2.05, 4.69) is 26.2 Å². The Morgan fingerprint density at radius 3 is 2.69 bits per heavy atom. The topological polar surface area (TPSA) is 31.2 Å². The quantitative estimate of drug-likeness (QED) is 0.804. The lowest BCUT2D eigenvalue weighted by Crippen LogP contribution is -2.06. The van der Waals surface area contributed by atoms with E-state index in [1.807, 2.05) is 37.6 Å². The molecule has 0 bridgehead atoms. The van der Waals surface area contributed by atoms with Gasteiger partial charge in [-0.25, -0.2) is 4.79 Å². The van der Waals surface area contributed by atoms with Gasteiger partial charge < -0.3 is 8.40 Å². The average Bonchev–Trinajstić information content (AvgIpc) is 2.51. The smallest absolute Gasteiger partial charge is 0.366 e. The van der Waals surface area contributed by atoms with Gasteiger partial charge in [0.1, 0.15) is 5.69 Å². The number of aromatic nitrogens is 1. The molecule has 0 aliphatic heterocycles. The van der Waals surface area contributed by atoms with Gasteiger partial charge in [-0.3, -0.25) is 0 Å². The summed E-state index contributed by atoms with van der Waals surface area (Å²) in [6, 6.07) is 6.13. The van der Waals surface area contributed by atoms with Gasteiger partial charge in [-0.2, -0.15) is 0 Å². The molecule has 84 valence electrons. The minimum atomic E-state index is -0.367. The number of nitrogens with zero attached hydrogens (tertiary/aromatic N) is 1. The fraction of sp³-hybridized carbons (Fsp3) is 0.250. The predicted molar refractivity (Wildman–Crippen MR) is 66.7 cm³/mol. The van der Waals surface area contributed by atoms with Crippen LogP contribution in [-0.4, -0.2) is 10.5 Å². The van der Waals surface area contributed by atoms with Gasteiger partial charge >= 0.3 is 5.97 Å². The molecule has 3 nitrogen and oxygen atoms in total. The molecule has 0 saturated heterocycles. The molecule has 4 heteroatoms. The maximum absolute atomic E-state index is 11.6. The molecular formula is C12H12BrNO2. The number of halogens is 1. The molecule has 1 aromatic carbocycles. The maximum Gasteiger partial charge on any atom is 0.366 e. The number of hydrogen-bond acceptors (Lipinski definition) is 2. The number of carbonyl (C=O) groups is 1. The van der Waals surface area contributed by atoms with Gasteiger partial charge in [0.25, 0.3) is 0 Å². The third kappa shape index (κ3) is 1.53. The summed E-state index contributed by atoms with van der Waals surface area (Å²) < 4.78 is 6.47. The Kier molecular flexibility index (Phi) is 2.76. The lowest BCUT2D eigenvalue weighted by molar-refractivity contribution is 0.0772. The van der Waals surface area contributed by atoms with Crippen LogP contribution in [0.2, 0.25) is 0 Å². The highest BCUT2D eigenvalue weighted by Crippen LogP contribution is 2.26. The second-order valence-corrected chi connectivity index (χ2v) is 4.24. The first kappa shape index (κ1) is 11.2. The number of benzene rings is 1. The zero-order valence-corrected chi connectivity index (χ0v) is 11.0. The van der Waals surface area contributed by atoms with Crippen molar-refractivity contribution < 1.29 is 8.62 Å². The predicted octanol–water partition coefficient (Wildman–Crippen LogP) is 3.26. The highest BCUT2D eigenvalue weighted by Gasteiger charge is 2.18. The molecule has 0 aliphatic rings. The molecule has 2 rings (SSSR count). The van der Waals surface area contributed by atoms with Crippen LogP contribution in [0.25, 0.3) is 10.9 Å². The largest absolute Gasteiger partial charge is 0.379 e. The van der Waals surface area contributed by atoms with E-state index >= 15 is 0 Å². The molecule has 0 aliphatic carbocycles. The second-order valence-electron chi connectivity index (χ2n) is 3.92. The lowest BCUT2D eigenvalue weighted by atomic mass is 10.1. The van der Waals surface area contributed by atoms with Crippen LogP contribution in [0.1, 0.15) is 21.6 Å². The molecule has 0 spiro atoms. The maximum atomic E-state index is 11.6. The van der Waals surface area contributed by atoms with Crippen molar-refractivity contribution in [1.82, 2.24) is 4.57 Å². The van der Waals surface area contributed by atoms with E-state index in [1.165, 1.54) is 5.56 Å². The van der Waals surface area contributed by atoms with E-state index in [1.54, 1.807) is 0 Å². The monoisotopic (exact) mass is 281 g/mol. The fourth-order valence-electron chi connectivity index (χ4n) is 2.07. The van der Waals surface area contributed by atoms with Crippen LogP contribution in [0.4, 0.5) is 0 Å². The number of rotatable bonds is 1. The first-order valence-corrected chi connectivity index (χ1v) is 5.59. The van der Waals surface area contributed by atoms with Gasteiger partial charge in [0.05, 0.1) is 0 Å². The average molecular weight is 282 g/mol. The van der Waals surface area contributed by atoms with Crippen LogP contribution < -0.4 is 0 Å². The van der Waals surface area contributed by atoms with E-state index in [9.17, 15) is 4.79 Å². The van der Waals surface area contributed by atoms with E-state index in [0.29, 0.717) is 5.69 Å². The van der Waals surface area contributed by atoms with Gasteiger partial charge in [0.2, 0.25) is 0 Å². The first-order valence-electron chi connectivity index (χ1n) is 4.95. The Hall–Kier alpha value is -1.29. The molecule has 2 aromatic rings. The van der Waals surface area contributed by atoms with Crippen molar-refractivity contribution in [2.45, 2.75) is 13.8 Å². The second kappa shape index (κ2) is 3.94. The molecule has 0 fully saturated rings. The molecule has 0 saturated carbocycles. The summed E-state index contributed by atoms with van der Waals surface area (Å²) in [5.74, 6) is -0.367. The van der Waals surface area contributed by atoms with Crippen molar-refractivity contribution in [1.29, 1.82) is 0 Å². The minimum absolute atomic E-state index is 0.367. The summed E-state index contributed by atoms with van der Waals surface area (Å²) in [6.07, 6.45) is 0. The molecule has 0 unspecified atom stereocenters.